The van der Waals surface area contributed by atoms with Gasteiger partial charge in [0.25, 0.3) is 5.91 Å². The summed E-state index contributed by atoms with van der Waals surface area (Å²) in [5, 5.41) is 10.7. The minimum atomic E-state index is -4.57. The molecule has 9 nitrogen and oxygen atoms in total. The number of benzene rings is 2. The zero-order chi connectivity index (χ0) is 30.2. The number of likely N-dealkylation sites (N-methyl/N-ethyl adjacent to an activating group) is 2. The van der Waals surface area contributed by atoms with Crippen LogP contribution in [-0.4, -0.2) is 66.9 Å². The van der Waals surface area contributed by atoms with Gasteiger partial charge in [-0.15, -0.1) is 5.53 Å². The number of amides is 1. The molecule has 0 saturated carbocycles. The number of aromatic nitrogens is 2. The van der Waals surface area contributed by atoms with E-state index in [-0.39, 0.29) is 11.3 Å². The Morgan fingerprint density at radius 3 is 2.37 bits per heavy atom. The van der Waals surface area contributed by atoms with E-state index in [2.05, 4.69) is 16.0 Å². The molecule has 0 bridgehead atoms. The lowest BCUT2D eigenvalue weighted by Crippen LogP contribution is -2.38. The molecular formula is C29H37F3N8O. The van der Waals surface area contributed by atoms with Crippen molar-refractivity contribution in [3.05, 3.63) is 76.2 Å². The number of anilines is 3. The minimum absolute atomic E-state index is 0.0787. The van der Waals surface area contributed by atoms with Crippen molar-refractivity contribution in [1.29, 1.82) is 0 Å². The van der Waals surface area contributed by atoms with E-state index in [1.807, 2.05) is 64.2 Å². The van der Waals surface area contributed by atoms with Crippen LogP contribution in [0.4, 0.5) is 30.2 Å². The standard InChI is InChI=1S/C29H37F3N8O/c1-18-9-10-21(13-25(18)40-17-27(39(8)35-40)23-16-33-38(7)20(23)3)28(41)34-22-14-24(29(30,31)32)19(2)26(15-22)37(6)12-11-36(4)5/h9-10,13-17,35H,11-12H2,1-8H3,(H,34,41). The van der Waals surface area contributed by atoms with Gasteiger partial charge >= 0.3 is 6.18 Å². The Bertz CT molecular complexity index is 1480. The minimum Gasteiger partial charge on any atom is -0.373 e. The first kappa shape index (κ1) is 29.9. The smallest absolute Gasteiger partial charge is 0.373 e. The SMILES string of the molecule is Cc1ccc(C(=O)Nc2cc(N(C)CCN(C)C)c(C)c(C(F)(F)F)c2)cc1N1C=C(c2cnn(C)c2C)N(C)N1. The highest BCUT2D eigenvalue weighted by Crippen LogP contribution is 2.38. The predicted molar refractivity (Wildman–Crippen MR) is 156 cm³/mol. The fraction of sp³-hybridized carbons (Fsp3) is 0.379. The Balaban J connectivity index is 1.63. The van der Waals surface area contributed by atoms with Crippen molar-refractivity contribution >= 4 is 28.7 Å². The number of halogens is 3. The summed E-state index contributed by atoms with van der Waals surface area (Å²) < 4.78 is 43.7. The molecule has 0 atom stereocenters. The molecular weight excluding hydrogens is 533 g/mol. The van der Waals surface area contributed by atoms with Gasteiger partial charge < -0.3 is 15.1 Å². The van der Waals surface area contributed by atoms with Gasteiger partial charge in [-0.25, -0.2) is 0 Å². The number of hydrogen-bond acceptors (Lipinski definition) is 7. The molecule has 4 rings (SSSR count). The number of nitrogens with zero attached hydrogens (tertiary/aromatic N) is 6. The molecule has 1 aliphatic rings. The summed E-state index contributed by atoms with van der Waals surface area (Å²) in [5.41, 5.74) is 7.88. The van der Waals surface area contributed by atoms with Gasteiger partial charge in [0, 0.05) is 68.6 Å². The number of hydrazine groups is 2. The van der Waals surface area contributed by atoms with Gasteiger partial charge in [0.2, 0.25) is 0 Å². The average Bonchev–Trinajstić information content (AvgIpc) is 3.43. The lowest BCUT2D eigenvalue weighted by Gasteiger charge is -2.26. The molecule has 41 heavy (non-hydrogen) atoms. The van der Waals surface area contributed by atoms with Gasteiger partial charge in [-0.05, 0) is 70.3 Å². The first-order chi connectivity index (χ1) is 19.2. The van der Waals surface area contributed by atoms with Gasteiger partial charge in [0.05, 0.1) is 23.1 Å². The normalized spacial score (nSPS) is 13.7. The van der Waals surface area contributed by atoms with Crippen LogP contribution in [-0.2, 0) is 13.2 Å². The van der Waals surface area contributed by atoms with Crippen LogP contribution in [0.1, 0.15) is 38.3 Å². The maximum absolute atomic E-state index is 14.0. The maximum atomic E-state index is 14.0. The molecule has 1 aromatic heterocycles. The van der Waals surface area contributed by atoms with Crippen LogP contribution in [0.5, 0.6) is 0 Å². The Labute approximate surface area is 238 Å². The zero-order valence-electron chi connectivity index (χ0n) is 24.7. The van der Waals surface area contributed by atoms with Crippen LogP contribution in [0.2, 0.25) is 0 Å². The van der Waals surface area contributed by atoms with Gasteiger partial charge in [0.15, 0.2) is 0 Å². The topological polar surface area (TPSA) is 71.9 Å². The lowest BCUT2D eigenvalue weighted by atomic mass is 10.0. The molecule has 0 spiro atoms. The van der Waals surface area contributed by atoms with Crippen molar-refractivity contribution in [3.63, 3.8) is 0 Å². The molecule has 2 N–H and O–H groups in total. The molecule has 0 radical (unpaired) electrons. The second-order valence-corrected chi connectivity index (χ2v) is 10.7. The molecule has 12 heteroatoms. The lowest BCUT2D eigenvalue weighted by molar-refractivity contribution is -0.138. The largest absolute Gasteiger partial charge is 0.416 e. The quantitative estimate of drug-likeness (QED) is 0.404. The van der Waals surface area contributed by atoms with Crippen LogP contribution in [0.15, 0.2) is 42.7 Å². The van der Waals surface area contributed by atoms with E-state index in [0.717, 1.165) is 34.3 Å². The van der Waals surface area contributed by atoms with Gasteiger partial charge in [-0.2, -0.15) is 18.3 Å². The molecule has 2 aromatic carbocycles. The third-order valence-electron chi connectivity index (χ3n) is 7.35. The molecule has 0 aliphatic carbocycles. The number of aryl methyl sites for hydroxylation is 2. The van der Waals surface area contributed by atoms with Gasteiger partial charge in [-0.3, -0.25) is 19.5 Å². The van der Waals surface area contributed by atoms with E-state index in [9.17, 15) is 18.0 Å². The number of rotatable bonds is 8. The van der Waals surface area contributed by atoms with Crippen LogP contribution in [0.25, 0.3) is 5.70 Å². The summed E-state index contributed by atoms with van der Waals surface area (Å²) in [4.78, 5) is 17.1. The Morgan fingerprint density at radius 1 is 1.05 bits per heavy atom. The average molecular weight is 571 g/mol. The highest BCUT2D eigenvalue weighted by molar-refractivity contribution is 6.05. The van der Waals surface area contributed by atoms with Crippen molar-refractivity contribution < 1.29 is 18.0 Å². The van der Waals surface area contributed by atoms with Crippen molar-refractivity contribution in [3.8, 4) is 0 Å². The second kappa shape index (κ2) is 11.5. The van der Waals surface area contributed by atoms with Crippen molar-refractivity contribution in [1.82, 2.24) is 25.2 Å². The van der Waals surface area contributed by atoms with E-state index < -0.39 is 17.6 Å². The first-order valence-corrected chi connectivity index (χ1v) is 13.2. The molecule has 2 heterocycles. The number of carbonyl (C=O) groups is 1. The zero-order valence-corrected chi connectivity index (χ0v) is 24.7. The Kier molecular flexibility index (Phi) is 8.36. The Morgan fingerprint density at radius 2 is 1.76 bits per heavy atom. The molecule has 220 valence electrons. The fourth-order valence-electron chi connectivity index (χ4n) is 4.72. The van der Waals surface area contributed by atoms with E-state index in [1.165, 1.54) is 6.92 Å². The van der Waals surface area contributed by atoms with Gasteiger partial charge in [-0.1, -0.05) is 6.07 Å². The van der Waals surface area contributed by atoms with Crippen LogP contribution >= 0.6 is 0 Å². The molecule has 1 amide bonds. The Hall–Kier alpha value is -4.03. The van der Waals surface area contributed by atoms with Crippen LogP contribution < -0.4 is 20.8 Å². The van der Waals surface area contributed by atoms with Crippen molar-refractivity contribution in [2.45, 2.75) is 26.9 Å². The predicted octanol–water partition coefficient (Wildman–Crippen LogP) is 4.78. The van der Waals surface area contributed by atoms with Crippen LogP contribution in [0, 0.1) is 20.8 Å². The summed E-state index contributed by atoms with van der Waals surface area (Å²) in [5.74, 6) is -0.509. The summed E-state index contributed by atoms with van der Waals surface area (Å²) in [7, 11) is 9.31. The number of hydrogen-bond donors (Lipinski definition) is 2. The first-order valence-electron chi connectivity index (χ1n) is 13.2. The summed E-state index contributed by atoms with van der Waals surface area (Å²) in [6, 6.07) is 7.77. The van der Waals surface area contributed by atoms with Crippen molar-refractivity contribution in [2.75, 3.05) is 56.5 Å². The molecule has 1 aliphatic heterocycles. The highest BCUT2D eigenvalue weighted by atomic mass is 19.4. The molecule has 0 unspecified atom stereocenters. The van der Waals surface area contributed by atoms with Gasteiger partial charge in [0.1, 0.15) is 0 Å². The number of alkyl halides is 3. The fourth-order valence-corrected chi connectivity index (χ4v) is 4.72. The van der Waals surface area contributed by atoms with Crippen molar-refractivity contribution in [2.24, 2.45) is 7.05 Å². The summed E-state index contributed by atoms with van der Waals surface area (Å²) >= 11 is 0. The number of carbonyl (C=O) groups excluding carboxylic acids is 1. The summed E-state index contributed by atoms with van der Waals surface area (Å²) in [6.45, 7) is 6.55. The summed E-state index contributed by atoms with van der Waals surface area (Å²) in [6.07, 6.45) is -0.856. The van der Waals surface area contributed by atoms with E-state index in [1.54, 1.807) is 46.0 Å². The molecule has 3 aromatic rings. The van der Waals surface area contributed by atoms with Crippen LogP contribution in [0.3, 0.4) is 0 Å². The molecule has 0 saturated heterocycles. The monoisotopic (exact) mass is 570 g/mol. The van der Waals surface area contributed by atoms with E-state index in [4.69, 9.17) is 0 Å². The maximum Gasteiger partial charge on any atom is 0.416 e. The van der Waals surface area contributed by atoms with E-state index >= 15 is 0 Å². The molecule has 0 fully saturated rings. The third-order valence-corrected chi connectivity index (χ3v) is 7.35. The second-order valence-electron chi connectivity index (χ2n) is 10.7. The number of nitrogens with one attached hydrogen (secondary N) is 2. The highest BCUT2D eigenvalue weighted by Gasteiger charge is 2.34. The third kappa shape index (κ3) is 6.33. The van der Waals surface area contributed by atoms with E-state index in [0.29, 0.717) is 24.3 Å².